The molecule has 1 saturated carbocycles. The number of carbonyl (C=O) groups is 3. The zero-order valence-corrected chi connectivity index (χ0v) is 15.2. The van der Waals surface area contributed by atoms with Gasteiger partial charge in [-0.15, -0.1) is 0 Å². The number of benzene rings is 1. The number of anilines is 1. The van der Waals surface area contributed by atoms with E-state index in [1.54, 1.807) is 12.1 Å². The Hall–Kier alpha value is -2.77. The maximum atomic E-state index is 12.2. The molecule has 27 heavy (non-hydrogen) atoms. The van der Waals surface area contributed by atoms with Crippen LogP contribution in [0, 0.1) is 11.8 Å². The summed E-state index contributed by atoms with van der Waals surface area (Å²) in [6.45, 7) is 1.42. The molecular weight excluding hydrogens is 348 g/mol. The van der Waals surface area contributed by atoms with Crippen molar-refractivity contribution in [1.82, 2.24) is 10.6 Å². The number of carbonyl (C=O) groups excluding carboxylic acids is 2. The SMILES string of the molecule is NC(=O)c1ccccc1N1CCC(NC(=O)NCC(C(=O)O)C2CCC2)C1. The summed E-state index contributed by atoms with van der Waals surface area (Å²) in [4.78, 5) is 37.1. The fraction of sp³-hybridized carbons (Fsp3) is 0.526. The summed E-state index contributed by atoms with van der Waals surface area (Å²) in [6, 6.07) is 6.73. The lowest BCUT2D eigenvalue weighted by molar-refractivity contribution is -0.144. The predicted molar refractivity (Wildman–Crippen MR) is 101 cm³/mol. The van der Waals surface area contributed by atoms with Crippen LogP contribution >= 0.6 is 0 Å². The Kier molecular flexibility index (Phi) is 5.83. The molecule has 0 aromatic heterocycles. The Balaban J connectivity index is 1.50. The number of hydrogen-bond acceptors (Lipinski definition) is 4. The molecule has 2 atom stereocenters. The number of rotatable bonds is 7. The van der Waals surface area contributed by atoms with Gasteiger partial charge in [0.15, 0.2) is 0 Å². The van der Waals surface area contributed by atoms with Gasteiger partial charge in [0.1, 0.15) is 0 Å². The molecule has 146 valence electrons. The second-order valence-electron chi connectivity index (χ2n) is 7.30. The summed E-state index contributed by atoms with van der Waals surface area (Å²) < 4.78 is 0. The van der Waals surface area contributed by atoms with Crippen molar-refractivity contribution in [2.45, 2.75) is 31.7 Å². The number of nitrogens with one attached hydrogen (secondary N) is 2. The van der Waals surface area contributed by atoms with Gasteiger partial charge in [-0.1, -0.05) is 18.6 Å². The van der Waals surface area contributed by atoms with Crippen LogP contribution in [0.15, 0.2) is 24.3 Å². The molecule has 1 saturated heterocycles. The van der Waals surface area contributed by atoms with Gasteiger partial charge in [0.2, 0.25) is 0 Å². The van der Waals surface area contributed by atoms with Gasteiger partial charge >= 0.3 is 12.0 Å². The molecule has 2 unspecified atom stereocenters. The quantitative estimate of drug-likeness (QED) is 0.570. The van der Waals surface area contributed by atoms with E-state index in [2.05, 4.69) is 10.6 Å². The van der Waals surface area contributed by atoms with Crippen molar-refractivity contribution in [2.75, 3.05) is 24.5 Å². The molecule has 5 N–H and O–H groups in total. The average Bonchev–Trinajstić information content (AvgIpc) is 3.04. The number of urea groups is 1. The first-order chi connectivity index (χ1) is 13.0. The van der Waals surface area contributed by atoms with Crippen LogP contribution in [0.25, 0.3) is 0 Å². The van der Waals surface area contributed by atoms with Crippen molar-refractivity contribution in [3.05, 3.63) is 29.8 Å². The zero-order chi connectivity index (χ0) is 19.4. The van der Waals surface area contributed by atoms with Gasteiger partial charge in [0.25, 0.3) is 5.91 Å². The first-order valence-electron chi connectivity index (χ1n) is 9.36. The minimum absolute atomic E-state index is 0.0714. The van der Waals surface area contributed by atoms with Crippen molar-refractivity contribution < 1.29 is 19.5 Å². The van der Waals surface area contributed by atoms with Crippen LogP contribution in [0.5, 0.6) is 0 Å². The Morgan fingerprint density at radius 2 is 1.96 bits per heavy atom. The van der Waals surface area contributed by atoms with Gasteiger partial charge < -0.3 is 26.4 Å². The van der Waals surface area contributed by atoms with E-state index >= 15 is 0 Å². The van der Waals surface area contributed by atoms with Gasteiger partial charge in [0.05, 0.1) is 11.5 Å². The van der Waals surface area contributed by atoms with Gasteiger partial charge in [0, 0.05) is 31.4 Å². The lowest BCUT2D eigenvalue weighted by Crippen LogP contribution is -2.47. The van der Waals surface area contributed by atoms with Crippen LogP contribution in [-0.4, -0.2) is 48.7 Å². The lowest BCUT2D eigenvalue weighted by atomic mass is 9.76. The van der Waals surface area contributed by atoms with Crippen molar-refractivity contribution in [3.63, 3.8) is 0 Å². The van der Waals surface area contributed by atoms with E-state index in [0.29, 0.717) is 18.7 Å². The third-order valence-corrected chi connectivity index (χ3v) is 5.55. The number of primary amides is 1. The molecule has 8 heteroatoms. The molecule has 3 rings (SSSR count). The van der Waals surface area contributed by atoms with E-state index in [9.17, 15) is 19.5 Å². The molecule has 2 fully saturated rings. The number of amides is 3. The maximum absolute atomic E-state index is 12.2. The lowest BCUT2D eigenvalue weighted by Gasteiger charge is -2.31. The fourth-order valence-corrected chi connectivity index (χ4v) is 3.79. The number of carboxylic acids is 1. The Morgan fingerprint density at radius 3 is 2.59 bits per heavy atom. The molecule has 8 nitrogen and oxygen atoms in total. The van der Waals surface area contributed by atoms with Gasteiger partial charge in [-0.25, -0.2) is 4.79 Å². The molecule has 0 radical (unpaired) electrons. The number of hydrogen-bond donors (Lipinski definition) is 4. The number of nitrogens with two attached hydrogens (primary N) is 1. The van der Waals surface area contributed by atoms with Crippen molar-refractivity contribution in [3.8, 4) is 0 Å². The van der Waals surface area contributed by atoms with Crippen LogP contribution in [0.1, 0.15) is 36.0 Å². The third-order valence-electron chi connectivity index (χ3n) is 5.55. The Morgan fingerprint density at radius 1 is 1.22 bits per heavy atom. The fourth-order valence-electron chi connectivity index (χ4n) is 3.79. The third kappa shape index (κ3) is 4.50. The molecular formula is C19H26N4O4. The smallest absolute Gasteiger partial charge is 0.315 e. The number of aliphatic carboxylic acids is 1. The average molecular weight is 374 g/mol. The molecule has 1 aliphatic heterocycles. The highest BCUT2D eigenvalue weighted by Crippen LogP contribution is 2.33. The van der Waals surface area contributed by atoms with Crippen molar-refractivity contribution in [1.29, 1.82) is 0 Å². The van der Waals surface area contributed by atoms with Crippen LogP contribution < -0.4 is 21.3 Å². The summed E-state index contributed by atoms with van der Waals surface area (Å²) in [5.74, 6) is -1.69. The predicted octanol–water partition coefficient (Wildman–Crippen LogP) is 1.16. The van der Waals surface area contributed by atoms with E-state index < -0.39 is 17.8 Å². The minimum Gasteiger partial charge on any atom is -0.481 e. The summed E-state index contributed by atoms with van der Waals surface area (Å²) in [5.41, 5.74) is 6.67. The highest BCUT2D eigenvalue weighted by molar-refractivity contribution is 5.98. The number of carboxylic acid groups (broad SMARTS) is 1. The molecule has 1 aromatic rings. The summed E-state index contributed by atoms with van der Waals surface area (Å²) in [7, 11) is 0. The highest BCUT2D eigenvalue weighted by Gasteiger charge is 2.33. The molecule has 1 aromatic carbocycles. The standard InChI is InChI=1S/C19H26N4O4/c20-17(24)14-6-1-2-7-16(14)23-9-8-13(11-23)22-19(27)21-10-15(18(25)26)12-4-3-5-12/h1-2,6-7,12-13,15H,3-5,8-11H2,(H2,20,24)(H,25,26)(H2,21,22,27). The maximum Gasteiger partial charge on any atom is 0.315 e. The first kappa shape index (κ1) is 19.0. The van der Waals surface area contributed by atoms with E-state index in [-0.39, 0.29) is 24.5 Å². The Labute approximate surface area is 158 Å². The normalized spacial score (nSPS) is 20.6. The first-order valence-corrected chi connectivity index (χ1v) is 9.36. The molecule has 0 spiro atoms. The van der Waals surface area contributed by atoms with Crippen LogP contribution in [0.4, 0.5) is 10.5 Å². The molecule has 3 amide bonds. The van der Waals surface area contributed by atoms with Crippen LogP contribution in [0.2, 0.25) is 0 Å². The highest BCUT2D eigenvalue weighted by atomic mass is 16.4. The monoisotopic (exact) mass is 374 g/mol. The van der Waals surface area contributed by atoms with E-state index in [1.807, 2.05) is 17.0 Å². The molecule has 2 aliphatic rings. The second kappa shape index (κ2) is 8.28. The summed E-state index contributed by atoms with van der Waals surface area (Å²) >= 11 is 0. The summed E-state index contributed by atoms with van der Waals surface area (Å²) in [5, 5.41) is 14.9. The van der Waals surface area contributed by atoms with E-state index in [0.717, 1.165) is 31.4 Å². The Bertz CT molecular complexity index is 719. The van der Waals surface area contributed by atoms with Crippen molar-refractivity contribution >= 4 is 23.6 Å². The van der Waals surface area contributed by atoms with Crippen LogP contribution in [-0.2, 0) is 4.79 Å². The zero-order valence-electron chi connectivity index (χ0n) is 15.2. The number of para-hydroxylation sites is 1. The van der Waals surface area contributed by atoms with E-state index in [4.69, 9.17) is 5.73 Å². The minimum atomic E-state index is -0.852. The topological polar surface area (TPSA) is 125 Å². The second-order valence-corrected chi connectivity index (χ2v) is 7.30. The van der Waals surface area contributed by atoms with Gasteiger partial charge in [-0.3, -0.25) is 9.59 Å². The van der Waals surface area contributed by atoms with Gasteiger partial charge in [-0.05, 0) is 37.3 Å². The van der Waals surface area contributed by atoms with Crippen molar-refractivity contribution in [2.24, 2.45) is 17.6 Å². The largest absolute Gasteiger partial charge is 0.481 e. The van der Waals surface area contributed by atoms with Crippen LogP contribution in [0.3, 0.4) is 0 Å². The summed E-state index contributed by atoms with van der Waals surface area (Å²) in [6.07, 6.45) is 3.63. The molecule has 1 heterocycles. The van der Waals surface area contributed by atoms with E-state index in [1.165, 1.54) is 0 Å². The van der Waals surface area contributed by atoms with Gasteiger partial charge in [-0.2, -0.15) is 0 Å². The molecule has 1 aliphatic carbocycles. The molecule has 0 bridgehead atoms. The number of nitrogens with zero attached hydrogens (tertiary/aromatic N) is 1.